The molecule has 1 aliphatic rings. The van der Waals surface area contributed by atoms with Gasteiger partial charge in [-0.2, -0.15) is 0 Å². The average Bonchev–Trinajstić information content (AvgIpc) is 2.72. The van der Waals surface area contributed by atoms with Crippen molar-refractivity contribution in [1.29, 1.82) is 0 Å². The van der Waals surface area contributed by atoms with E-state index < -0.39 is 16.0 Å². The van der Waals surface area contributed by atoms with Gasteiger partial charge in [-0.25, -0.2) is 17.9 Å². The Morgan fingerprint density at radius 1 is 1.21 bits per heavy atom. The van der Waals surface area contributed by atoms with Crippen molar-refractivity contribution in [2.24, 2.45) is 5.92 Å². The molecule has 0 amide bonds. The summed E-state index contributed by atoms with van der Waals surface area (Å²) in [6, 6.07) is 14.8. The van der Waals surface area contributed by atoms with Gasteiger partial charge in [0, 0.05) is 19.6 Å². The van der Waals surface area contributed by atoms with Gasteiger partial charge in [0.2, 0.25) is 10.0 Å². The van der Waals surface area contributed by atoms with E-state index in [0.29, 0.717) is 17.7 Å². The zero-order valence-electron chi connectivity index (χ0n) is 16.9. The molecule has 1 unspecified atom stereocenters. The van der Waals surface area contributed by atoms with Crippen LogP contribution in [0.3, 0.4) is 0 Å². The van der Waals surface area contributed by atoms with Crippen LogP contribution in [0.25, 0.3) is 0 Å². The fourth-order valence-electron chi connectivity index (χ4n) is 3.80. The van der Waals surface area contributed by atoms with Crippen LogP contribution >= 0.6 is 0 Å². The van der Waals surface area contributed by atoms with Gasteiger partial charge in [-0.05, 0) is 61.6 Å². The molecular formula is C22H28N2O4S. The van der Waals surface area contributed by atoms with Gasteiger partial charge in [0.25, 0.3) is 0 Å². The number of aryl methyl sites for hydroxylation is 1. The van der Waals surface area contributed by atoms with Gasteiger partial charge in [-0.15, -0.1) is 0 Å². The molecule has 0 aliphatic carbocycles. The standard InChI is InChI=1S/C22H28N2O4S/c1-17-13-20(22(25)28-2)10-11-21(17)29(26,27)23-14-19-9-6-12-24(16-19)15-18-7-4-3-5-8-18/h3-5,7-8,10-11,13,19,23H,6,9,12,14-16H2,1-2H3. The molecule has 6 nitrogen and oxygen atoms in total. The normalized spacial score (nSPS) is 17.8. The Labute approximate surface area is 172 Å². The Kier molecular flexibility index (Phi) is 7.05. The monoisotopic (exact) mass is 416 g/mol. The largest absolute Gasteiger partial charge is 0.465 e. The number of hydrogen-bond donors (Lipinski definition) is 1. The third kappa shape index (κ3) is 5.65. The van der Waals surface area contributed by atoms with Gasteiger partial charge in [0.1, 0.15) is 0 Å². The molecule has 2 aromatic carbocycles. The maximum absolute atomic E-state index is 12.8. The van der Waals surface area contributed by atoms with Crippen molar-refractivity contribution in [3.63, 3.8) is 0 Å². The molecule has 29 heavy (non-hydrogen) atoms. The molecule has 1 heterocycles. The molecule has 7 heteroatoms. The lowest BCUT2D eigenvalue weighted by molar-refractivity contribution is 0.0600. The molecule has 156 valence electrons. The van der Waals surface area contributed by atoms with Crippen LogP contribution in [0.5, 0.6) is 0 Å². The number of piperidine rings is 1. The van der Waals surface area contributed by atoms with Gasteiger partial charge >= 0.3 is 5.97 Å². The number of sulfonamides is 1. The zero-order chi connectivity index (χ0) is 20.9. The van der Waals surface area contributed by atoms with E-state index in [2.05, 4.69) is 26.5 Å². The molecule has 1 aliphatic heterocycles. The number of likely N-dealkylation sites (tertiary alicyclic amines) is 1. The minimum absolute atomic E-state index is 0.196. The Morgan fingerprint density at radius 2 is 1.97 bits per heavy atom. The number of carbonyl (C=O) groups is 1. The van der Waals surface area contributed by atoms with Gasteiger partial charge in [-0.1, -0.05) is 30.3 Å². The number of carbonyl (C=O) groups excluding carboxylic acids is 1. The van der Waals surface area contributed by atoms with Gasteiger partial charge in [-0.3, -0.25) is 4.90 Å². The summed E-state index contributed by atoms with van der Waals surface area (Å²) in [5, 5.41) is 0. The molecule has 2 aromatic rings. The minimum atomic E-state index is -3.64. The maximum Gasteiger partial charge on any atom is 0.337 e. The molecule has 0 bridgehead atoms. The molecule has 0 radical (unpaired) electrons. The number of methoxy groups -OCH3 is 1. The predicted octanol–water partition coefficient (Wildman–Crippen LogP) is 2.97. The average molecular weight is 417 g/mol. The van der Waals surface area contributed by atoms with Crippen LogP contribution in [0.1, 0.15) is 34.3 Å². The number of nitrogens with one attached hydrogen (secondary N) is 1. The predicted molar refractivity (Wildman–Crippen MR) is 112 cm³/mol. The topological polar surface area (TPSA) is 75.7 Å². The molecule has 0 saturated carbocycles. The number of ether oxygens (including phenoxy) is 1. The lowest BCUT2D eigenvalue weighted by Gasteiger charge is -2.32. The van der Waals surface area contributed by atoms with E-state index in [1.807, 2.05) is 18.2 Å². The highest BCUT2D eigenvalue weighted by molar-refractivity contribution is 7.89. The van der Waals surface area contributed by atoms with E-state index in [1.54, 1.807) is 13.0 Å². The van der Waals surface area contributed by atoms with Crippen LogP contribution in [0, 0.1) is 12.8 Å². The number of benzene rings is 2. The smallest absolute Gasteiger partial charge is 0.337 e. The Balaban J connectivity index is 1.60. The minimum Gasteiger partial charge on any atom is -0.465 e. The van der Waals surface area contributed by atoms with Crippen LogP contribution in [0.4, 0.5) is 0 Å². The lowest BCUT2D eigenvalue weighted by atomic mass is 9.98. The SMILES string of the molecule is COC(=O)c1ccc(S(=O)(=O)NCC2CCCN(Cc3ccccc3)C2)c(C)c1. The Bertz CT molecular complexity index is 945. The van der Waals surface area contributed by atoms with Crippen LogP contribution in [-0.4, -0.2) is 46.0 Å². The second-order valence-electron chi connectivity index (χ2n) is 7.55. The number of rotatable bonds is 7. The van der Waals surface area contributed by atoms with Crippen LogP contribution in [0.2, 0.25) is 0 Å². The van der Waals surface area contributed by atoms with Crippen molar-refractivity contribution < 1.29 is 17.9 Å². The van der Waals surface area contributed by atoms with Crippen molar-refractivity contribution in [3.05, 3.63) is 65.2 Å². The van der Waals surface area contributed by atoms with Crippen molar-refractivity contribution >= 4 is 16.0 Å². The summed E-state index contributed by atoms with van der Waals surface area (Å²) < 4.78 is 33.0. The third-order valence-corrected chi connectivity index (χ3v) is 6.88. The van der Waals surface area contributed by atoms with Gasteiger partial charge < -0.3 is 4.74 Å². The van der Waals surface area contributed by atoms with E-state index in [4.69, 9.17) is 0 Å². The third-order valence-electron chi connectivity index (χ3n) is 5.30. The molecule has 1 fully saturated rings. The van der Waals surface area contributed by atoms with E-state index in [-0.39, 0.29) is 10.8 Å². The summed E-state index contributed by atoms with van der Waals surface area (Å²) >= 11 is 0. The summed E-state index contributed by atoms with van der Waals surface area (Å²) in [5.41, 5.74) is 2.14. The van der Waals surface area contributed by atoms with Crippen molar-refractivity contribution in [1.82, 2.24) is 9.62 Å². The first-order valence-corrected chi connectivity index (χ1v) is 11.3. The fourth-order valence-corrected chi connectivity index (χ4v) is 5.14. The van der Waals surface area contributed by atoms with Crippen molar-refractivity contribution in [3.8, 4) is 0 Å². The summed E-state index contributed by atoms with van der Waals surface area (Å²) in [7, 11) is -2.34. The maximum atomic E-state index is 12.8. The second kappa shape index (κ2) is 9.52. The summed E-state index contributed by atoms with van der Waals surface area (Å²) in [4.78, 5) is 14.2. The molecule has 1 N–H and O–H groups in total. The zero-order valence-corrected chi connectivity index (χ0v) is 17.7. The molecule has 1 atom stereocenters. The first kappa shape index (κ1) is 21.5. The Hall–Kier alpha value is -2.22. The lowest BCUT2D eigenvalue weighted by Crippen LogP contribution is -2.40. The number of esters is 1. The first-order valence-electron chi connectivity index (χ1n) is 9.84. The molecule has 0 aromatic heterocycles. The fraction of sp³-hybridized carbons (Fsp3) is 0.409. The highest BCUT2D eigenvalue weighted by atomic mass is 32.2. The van der Waals surface area contributed by atoms with E-state index >= 15 is 0 Å². The molecule has 0 spiro atoms. The van der Waals surface area contributed by atoms with E-state index in [0.717, 1.165) is 32.5 Å². The van der Waals surface area contributed by atoms with Gasteiger partial charge in [0.05, 0.1) is 17.6 Å². The van der Waals surface area contributed by atoms with E-state index in [9.17, 15) is 13.2 Å². The highest BCUT2D eigenvalue weighted by Gasteiger charge is 2.24. The highest BCUT2D eigenvalue weighted by Crippen LogP contribution is 2.21. The second-order valence-corrected chi connectivity index (χ2v) is 9.29. The number of hydrogen-bond acceptors (Lipinski definition) is 5. The summed E-state index contributed by atoms with van der Waals surface area (Å²) in [6.07, 6.45) is 2.07. The quantitative estimate of drug-likeness (QED) is 0.703. The summed E-state index contributed by atoms with van der Waals surface area (Å²) in [6.45, 7) is 4.89. The molecule has 1 saturated heterocycles. The van der Waals surface area contributed by atoms with Crippen LogP contribution in [-0.2, 0) is 21.3 Å². The van der Waals surface area contributed by atoms with Gasteiger partial charge in [0.15, 0.2) is 0 Å². The first-order chi connectivity index (χ1) is 13.9. The van der Waals surface area contributed by atoms with Crippen molar-refractivity contribution in [2.75, 3.05) is 26.7 Å². The van der Waals surface area contributed by atoms with E-state index in [1.165, 1.54) is 24.8 Å². The van der Waals surface area contributed by atoms with Crippen LogP contribution in [0.15, 0.2) is 53.4 Å². The summed E-state index contributed by atoms with van der Waals surface area (Å²) in [5.74, 6) is -0.206. The van der Waals surface area contributed by atoms with Crippen molar-refractivity contribution in [2.45, 2.75) is 31.2 Å². The Morgan fingerprint density at radius 3 is 2.66 bits per heavy atom. The number of nitrogens with zero attached hydrogens (tertiary/aromatic N) is 1. The van der Waals surface area contributed by atoms with Crippen LogP contribution < -0.4 is 4.72 Å². The molecular weight excluding hydrogens is 388 g/mol. The molecule has 3 rings (SSSR count).